The lowest BCUT2D eigenvalue weighted by molar-refractivity contribution is -0.136. The summed E-state index contributed by atoms with van der Waals surface area (Å²) in [7, 11) is 1.30. The van der Waals surface area contributed by atoms with Crippen LogP contribution in [0.1, 0.15) is 35.8 Å². The average molecular weight is 484 g/mol. The number of allylic oxidation sites excluding steroid dienone is 1. The fourth-order valence-corrected chi connectivity index (χ4v) is 3.67. The van der Waals surface area contributed by atoms with Gasteiger partial charge in [0.2, 0.25) is 0 Å². The molecular weight excluding hydrogens is 458 g/mol. The molecule has 0 radical (unpaired) electrons. The van der Waals surface area contributed by atoms with Crippen molar-refractivity contribution in [2.75, 3.05) is 25.6 Å². The van der Waals surface area contributed by atoms with E-state index in [1.54, 1.807) is 62.4 Å². The summed E-state index contributed by atoms with van der Waals surface area (Å²) in [4.78, 5) is 36.6. The number of anilines is 1. The van der Waals surface area contributed by atoms with Crippen LogP contribution in [0.2, 0.25) is 0 Å². The van der Waals surface area contributed by atoms with E-state index in [1.807, 2.05) is 0 Å². The van der Waals surface area contributed by atoms with Crippen molar-refractivity contribution in [1.29, 1.82) is 0 Å². The molecule has 3 N–H and O–H groups in total. The average Bonchev–Trinajstić information content (AvgIpc) is 2.82. The van der Waals surface area contributed by atoms with Crippen LogP contribution in [0.4, 0.5) is 5.69 Å². The normalized spacial score (nSPS) is 15.0. The minimum Gasteiger partial charge on any atom is -0.483 e. The molecule has 9 nitrogen and oxygen atoms in total. The van der Waals surface area contributed by atoms with Crippen molar-refractivity contribution in [3.8, 4) is 5.75 Å². The summed E-state index contributed by atoms with van der Waals surface area (Å²) in [6, 6.07) is 12.8. The van der Waals surface area contributed by atoms with Crippen LogP contribution in [0, 0.1) is 0 Å². The van der Waals surface area contributed by atoms with Gasteiger partial charge in [-0.2, -0.15) is 0 Å². The van der Waals surface area contributed by atoms with E-state index in [-0.39, 0.29) is 13.2 Å². The molecule has 34 heavy (non-hydrogen) atoms. The van der Waals surface area contributed by atoms with Crippen LogP contribution in [0.15, 0.2) is 59.8 Å². The van der Waals surface area contributed by atoms with Crippen molar-refractivity contribution in [3.63, 3.8) is 0 Å². The predicted octanol–water partition coefficient (Wildman–Crippen LogP) is 2.85. The van der Waals surface area contributed by atoms with E-state index in [4.69, 9.17) is 26.4 Å². The third kappa shape index (κ3) is 5.90. The molecule has 2 aromatic rings. The summed E-state index contributed by atoms with van der Waals surface area (Å²) < 4.78 is 15.7. The van der Waals surface area contributed by atoms with Crippen molar-refractivity contribution in [3.05, 3.63) is 70.9 Å². The van der Waals surface area contributed by atoms with Crippen molar-refractivity contribution in [2.24, 2.45) is 0 Å². The molecule has 10 heteroatoms. The Bertz CT molecular complexity index is 1130. The third-order valence-electron chi connectivity index (χ3n) is 4.94. The van der Waals surface area contributed by atoms with E-state index in [2.05, 4.69) is 16.0 Å². The summed E-state index contributed by atoms with van der Waals surface area (Å²) in [5, 5.41) is 9.06. The second-order valence-corrected chi connectivity index (χ2v) is 7.64. The van der Waals surface area contributed by atoms with E-state index < -0.39 is 23.9 Å². The summed E-state index contributed by atoms with van der Waals surface area (Å²) in [6.07, 6.45) is 0. The number of carbonyl (C=O) groups is 3. The number of hydrogen-bond donors (Lipinski definition) is 3. The standard InChI is InChI=1S/C24H25N3O6S/c1-4-32-22(29)15-9-11-16(12-10-15)26-19(28)13-33-18-8-6-5-7-17(18)21-20(23(30)31-3)14(2)25-24(34)27-21/h5-12,21H,4,13H2,1-3H3,(H,26,28)(H2,25,27,34)/t21-/m0/s1. The number of thiocarbonyl (C=S) groups is 1. The van der Waals surface area contributed by atoms with Crippen LogP contribution < -0.4 is 20.7 Å². The number of benzene rings is 2. The maximum Gasteiger partial charge on any atom is 0.338 e. The van der Waals surface area contributed by atoms with Crippen molar-refractivity contribution < 1.29 is 28.6 Å². The predicted molar refractivity (Wildman–Crippen MR) is 129 cm³/mol. The molecule has 0 saturated carbocycles. The highest BCUT2D eigenvalue weighted by atomic mass is 32.1. The summed E-state index contributed by atoms with van der Waals surface area (Å²) in [5.74, 6) is -0.926. The van der Waals surface area contributed by atoms with Gasteiger partial charge in [-0.25, -0.2) is 9.59 Å². The maximum atomic E-state index is 12.5. The zero-order chi connectivity index (χ0) is 24.7. The SMILES string of the molecule is CCOC(=O)c1ccc(NC(=O)COc2ccccc2[C@@H]2NC(=S)NC(C)=C2C(=O)OC)cc1. The molecule has 1 aliphatic heterocycles. The zero-order valence-electron chi connectivity index (χ0n) is 19.0. The van der Waals surface area contributed by atoms with E-state index in [0.29, 0.717) is 38.9 Å². The van der Waals surface area contributed by atoms with Crippen LogP contribution in [0.25, 0.3) is 0 Å². The number of rotatable bonds is 8. The summed E-state index contributed by atoms with van der Waals surface area (Å²) in [5.41, 5.74) is 2.45. The Hall–Kier alpha value is -3.92. The number of esters is 2. The molecule has 1 heterocycles. The Morgan fingerprint density at radius 2 is 1.76 bits per heavy atom. The van der Waals surface area contributed by atoms with Crippen LogP contribution >= 0.6 is 12.2 Å². The van der Waals surface area contributed by atoms with Gasteiger partial charge in [-0.3, -0.25) is 4.79 Å². The molecule has 1 amide bonds. The van der Waals surface area contributed by atoms with Gasteiger partial charge in [0.15, 0.2) is 11.7 Å². The molecule has 0 saturated heterocycles. The molecule has 2 aromatic carbocycles. The Morgan fingerprint density at radius 1 is 1.06 bits per heavy atom. The highest BCUT2D eigenvalue weighted by Gasteiger charge is 2.32. The fourth-order valence-electron chi connectivity index (χ4n) is 3.40. The second kappa shape index (κ2) is 11.3. The molecule has 0 fully saturated rings. The van der Waals surface area contributed by atoms with Crippen molar-refractivity contribution in [2.45, 2.75) is 19.9 Å². The Morgan fingerprint density at radius 3 is 2.44 bits per heavy atom. The molecule has 1 atom stereocenters. The highest BCUT2D eigenvalue weighted by Crippen LogP contribution is 2.33. The summed E-state index contributed by atoms with van der Waals surface area (Å²) >= 11 is 5.26. The highest BCUT2D eigenvalue weighted by molar-refractivity contribution is 7.80. The first kappa shape index (κ1) is 24.7. The van der Waals surface area contributed by atoms with Gasteiger partial charge in [-0.1, -0.05) is 18.2 Å². The monoisotopic (exact) mass is 483 g/mol. The second-order valence-electron chi connectivity index (χ2n) is 7.23. The van der Waals surface area contributed by atoms with E-state index in [0.717, 1.165) is 0 Å². The van der Waals surface area contributed by atoms with Crippen LogP contribution in [0.5, 0.6) is 5.75 Å². The van der Waals surface area contributed by atoms with E-state index >= 15 is 0 Å². The number of para-hydroxylation sites is 1. The lowest BCUT2D eigenvalue weighted by Gasteiger charge is -2.30. The topological polar surface area (TPSA) is 115 Å². The number of amides is 1. The van der Waals surface area contributed by atoms with Crippen LogP contribution in [-0.2, 0) is 19.1 Å². The molecule has 0 aliphatic carbocycles. The Kier molecular flexibility index (Phi) is 8.20. The first-order valence-corrected chi connectivity index (χ1v) is 10.9. The van der Waals surface area contributed by atoms with Gasteiger partial charge >= 0.3 is 11.9 Å². The lowest BCUT2D eigenvalue weighted by Crippen LogP contribution is -2.45. The molecular formula is C24H25N3O6S. The largest absolute Gasteiger partial charge is 0.483 e. The molecule has 0 spiro atoms. The van der Waals surface area contributed by atoms with Gasteiger partial charge in [0.1, 0.15) is 5.75 Å². The van der Waals surface area contributed by atoms with Gasteiger partial charge in [0.05, 0.1) is 30.9 Å². The molecule has 3 rings (SSSR count). The molecule has 0 aromatic heterocycles. The molecule has 0 bridgehead atoms. The third-order valence-corrected chi connectivity index (χ3v) is 5.16. The quantitative estimate of drug-likeness (QED) is 0.385. The first-order chi connectivity index (χ1) is 16.3. The lowest BCUT2D eigenvalue weighted by atomic mass is 9.95. The number of hydrogen-bond acceptors (Lipinski definition) is 7. The number of nitrogens with one attached hydrogen (secondary N) is 3. The number of carbonyl (C=O) groups excluding carboxylic acids is 3. The van der Waals surface area contributed by atoms with Crippen LogP contribution in [0.3, 0.4) is 0 Å². The van der Waals surface area contributed by atoms with Gasteiger partial charge in [-0.05, 0) is 56.4 Å². The minimum atomic E-state index is -0.615. The van der Waals surface area contributed by atoms with Gasteiger partial charge < -0.3 is 30.2 Å². The van der Waals surface area contributed by atoms with E-state index in [9.17, 15) is 14.4 Å². The maximum absolute atomic E-state index is 12.5. The van der Waals surface area contributed by atoms with Crippen molar-refractivity contribution >= 4 is 40.9 Å². The van der Waals surface area contributed by atoms with Gasteiger partial charge in [-0.15, -0.1) is 0 Å². The van der Waals surface area contributed by atoms with E-state index in [1.165, 1.54) is 7.11 Å². The van der Waals surface area contributed by atoms with Gasteiger partial charge in [0.25, 0.3) is 5.91 Å². The Balaban J connectivity index is 1.71. The Labute approximate surface area is 202 Å². The van der Waals surface area contributed by atoms with Gasteiger partial charge in [0, 0.05) is 16.9 Å². The molecule has 178 valence electrons. The number of ether oxygens (including phenoxy) is 3. The van der Waals surface area contributed by atoms with Crippen molar-refractivity contribution in [1.82, 2.24) is 10.6 Å². The smallest absolute Gasteiger partial charge is 0.338 e. The summed E-state index contributed by atoms with van der Waals surface area (Å²) in [6.45, 7) is 3.47. The molecule has 1 aliphatic rings. The zero-order valence-corrected chi connectivity index (χ0v) is 19.8. The minimum absolute atomic E-state index is 0.275. The fraction of sp³-hybridized carbons (Fsp3) is 0.250. The number of methoxy groups -OCH3 is 1. The molecule has 0 unspecified atom stereocenters. The van der Waals surface area contributed by atoms with Crippen LogP contribution in [-0.4, -0.2) is 43.3 Å². The first-order valence-electron chi connectivity index (χ1n) is 10.5.